The molecule has 2 aromatic carbocycles. The normalized spacial score (nSPS) is 32.0. The molecule has 29 heavy (non-hydrogen) atoms. The van der Waals surface area contributed by atoms with Crippen LogP contribution in [0.2, 0.25) is 0 Å². The van der Waals surface area contributed by atoms with Crippen LogP contribution in [0, 0.1) is 23.2 Å². The van der Waals surface area contributed by atoms with Gasteiger partial charge in [0.05, 0.1) is 0 Å². The molecule has 3 heteroatoms. The summed E-state index contributed by atoms with van der Waals surface area (Å²) in [5, 5.41) is 3.28. The fraction of sp³-hybridized carbons (Fsp3) is 0.500. The van der Waals surface area contributed by atoms with Crippen LogP contribution in [0.25, 0.3) is 0 Å². The second kappa shape index (κ2) is 7.83. The zero-order valence-electron chi connectivity index (χ0n) is 17.2. The first-order chi connectivity index (χ1) is 14.1. The first-order valence-corrected chi connectivity index (χ1v) is 12.1. The topological polar surface area (TPSA) is 29.1 Å². The van der Waals surface area contributed by atoms with Gasteiger partial charge in [-0.3, -0.25) is 4.79 Å². The van der Waals surface area contributed by atoms with Gasteiger partial charge in [-0.05, 0) is 86.3 Å². The summed E-state index contributed by atoms with van der Waals surface area (Å²) >= 11 is 1.66. The van der Waals surface area contributed by atoms with Crippen LogP contribution in [0.1, 0.15) is 56.3 Å². The molecule has 2 atom stereocenters. The number of hydrogen-bond acceptors (Lipinski definition) is 2. The van der Waals surface area contributed by atoms with Gasteiger partial charge in [0.2, 0.25) is 5.91 Å². The molecule has 4 bridgehead atoms. The van der Waals surface area contributed by atoms with Crippen molar-refractivity contribution in [3.05, 3.63) is 66.2 Å². The molecular formula is C26H31NOS. The Morgan fingerprint density at radius 2 is 1.41 bits per heavy atom. The van der Waals surface area contributed by atoms with Gasteiger partial charge in [0.15, 0.2) is 0 Å². The lowest BCUT2D eigenvalue weighted by Crippen LogP contribution is -2.56. The molecule has 1 N–H and O–H groups in total. The number of carbonyl (C=O) groups excluding carboxylic acids is 1. The molecule has 4 aliphatic carbocycles. The highest BCUT2D eigenvalue weighted by Gasteiger charge is 2.53. The molecule has 1 amide bonds. The first kappa shape index (κ1) is 19.2. The smallest absolute Gasteiger partial charge is 0.238 e. The van der Waals surface area contributed by atoms with Crippen molar-refractivity contribution in [1.29, 1.82) is 0 Å². The van der Waals surface area contributed by atoms with Crippen LogP contribution in [0.4, 0.5) is 0 Å². The van der Waals surface area contributed by atoms with E-state index in [1.54, 1.807) is 11.8 Å². The number of carbonyl (C=O) groups is 1. The molecule has 6 rings (SSSR count). The van der Waals surface area contributed by atoms with E-state index in [1.165, 1.54) is 38.5 Å². The summed E-state index contributed by atoms with van der Waals surface area (Å²) in [4.78, 5) is 14.7. The number of nitrogens with one attached hydrogen (secondary N) is 1. The molecule has 0 spiro atoms. The van der Waals surface area contributed by atoms with Gasteiger partial charge in [0, 0.05) is 10.9 Å². The van der Waals surface area contributed by atoms with E-state index in [0.29, 0.717) is 5.41 Å². The first-order valence-electron chi connectivity index (χ1n) is 11.2. The summed E-state index contributed by atoms with van der Waals surface area (Å²) < 4.78 is 0. The Hall–Kier alpha value is -1.74. The molecule has 4 fully saturated rings. The summed E-state index contributed by atoms with van der Waals surface area (Å²) in [7, 11) is 0. The SMILES string of the molecule is C[C@H](NC(=O)[C@@H](Sc1ccccc1)c1ccccc1)C12CC3CC(CC(C3)C1)C2. The Morgan fingerprint density at radius 1 is 0.897 bits per heavy atom. The minimum Gasteiger partial charge on any atom is -0.352 e. The lowest BCUT2D eigenvalue weighted by molar-refractivity contribution is -0.125. The molecule has 4 aliphatic rings. The van der Waals surface area contributed by atoms with Crippen LogP contribution in [-0.2, 0) is 4.79 Å². The minimum absolute atomic E-state index is 0.160. The van der Waals surface area contributed by atoms with Crippen molar-refractivity contribution in [2.24, 2.45) is 23.2 Å². The molecule has 152 valence electrons. The van der Waals surface area contributed by atoms with Crippen molar-refractivity contribution in [1.82, 2.24) is 5.32 Å². The molecule has 4 saturated carbocycles. The van der Waals surface area contributed by atoms with E-state index in [4.69, 9.17) is 0 Å². The molecule has 0 aromatic heterocycles. The second-order valence-electron chi connectivity index (χ2n) is 9.73. The summed E-state index contributed by atoms with van der Waals surface area (Å²) in [6.07, 6.45) is 8.29. The zero-order valence-corrected chi connectivity index (χ0v) is 18.0. The summed E-state index contributed by atoms with van der Waals surface area (Å²) in [6, 6.07) is 20.8. The maximum Gasteiger partial charge on any atom is 0.238 e. The average molecular weight is 406 g/mol. The Balaban J connectivity index is 1.35. The van der Waals surface area contributed by atoms with Gasteiger partial charge in [0.1, 0.15) is 5.25 Å². The van der Waals surface area contributed by atoms with Crippen LogP contribution in [0.5, 0.6) is 0 Å². The van der Waals surface area contributed by atoms with E-state index in [0.717, 1.165) is 28.2 Å². The Bertz CT molecular complexity index is 814. The molecular weight excluding hydrogens is 374 g/mol. The van der Waals surface area contributed by atoms with E-state index in [2.05, 4.69) is 36.5 Å². The number of thioether (sulfide) groups is 1. The number of rotatable bonds is 6. The van der Waals surface area contributed by atoms with Crippen molar-refractivity contribution in [3.63, 3.8) is 0 Å². The van der Waals surface area contributed by atoms with Gasteiger partial charge < -0.3 is 5.32 Å². The standard InChI is InChI=1S/C26H31NOS/c1-18(26-15-19-12-20(16-26)14-21(13-19)17-26)27-25(28)24(22-8-4-2-5-9-22)29-23-10-6-3-7-11-23/h2-11,18-21,24H,12-17H2,1H3,(H,27,28)/t18-,19?,20?,21?,24-,26?/m0/s1. The second-order valence-corrected chi connectivity index (χ2v) is 10.9. The van der Waals surface area contributed by atoms with E-state index < -0.39 is 0 Å². The van der Waals surface area contributed by atoms with Gasteiger partial charge >= 0.3 is 0 Å². The molecule has 0 heterocycles. The van der Waals surface area contributed by atoms with Crippen molar-refractivity contribution >= 4 is 17.7 Å². The highest BCUT2D eigenvalue weighted by molar-refractivity contribution is 8.00. The van der Waals surface area contributed by atoms with E-state index in [9.17, 15) is 4.79 Å². The van der Waals surface area contributed by atoms with Gasteiger partial charge in [-0.15, -0.1) is 11.8 Å². The van der Waals surface area contributed by atoms with Gasteiger partial charge in [0.25, 0.3) is 0 Å². The van der Waals surface area contributed by atoms with Crippen molar-refractivity contribution in [2.75, 3.05) is 0 Å². The lowest BCUT2D eigenvalue weighted by atomic mass is 9.48. The highest BCUT2D eigenvalue weighted by Crippen LogP contribution is 2.61. The zero-order chi connectivity index (χ0) is 19.8. The van der Waals surface area contributed by atoms with Crippen LogP contribution in [0.15, 0.2) is 65.6 Å². The number of benzene rings is 2. The molecule has 2 aromatic rings. The molecule has 0 aliphatic heterocycles. The van der Waals surface area contributed by atoms with E-state index >= 15 is 0 Å². The quantitative estimate of drug-likeness (QED) is 0.576. The Morgan fingerprint density at radius 3 is 1.97 bits per heavy atom. The third-order valence-corrected chi connectivity index (χ3v) is 8.97. The largest absolute Gasteiger partial charge is 0.352 e. The van der Waals surface area contributed by atoms with Crippen LogP contribution in [-0.4, -0.2) is 11.9 Å². The average Bonchev–Trinajstić information content (AvgIpc) is 2.72. The van der Waals surface area contributed by atoms with E-state index in [1.807, 2.05) is 36.4 Å². The van der Waals surface area contributed by atoms with Crippen LogP contribution >= 0.6 is 11.8 Å². The predicted molar refractivity (Wildman–Crippen MR) is 120 cm³/mol. The number of hydrogen-bond donors (Lipinski definition) is 1. The Labute approximate surface area is 178 Å². The fourth-order valence-electron chi connectivity index (χ4n) is 6.69. The monoisotopic (exact) mass is 405 g/mol. The maximum absolute atomic E-state index is 13.5. The van der Waals surface area contributed by atoms with E-state index in [-0.39, 0.29) is 17.2 Å². The van der Waals surface area contributed by atoms with Gasteiger partial charge in [-0.25, -0.2) is 0 Å². The van der Waals surface area contributed by atoms with Crippen molar-refractivity contribution in [3.8, 4) is 0 Å². The highest BCUT2D eigenvalue weighted by atomic mass is 32.2. The summed E-state index contributed by atoms with van der Waals surface area (Å²) in [5.41, 5.74) is 1.42. The molecule has 2 nitrogen and oxygen atoms in total. The fourth-order valence-corrected chi connectivity index (χ4v) is 7.74. The predicted octanol–water partition coefficient (Wildman–Crippen LogP) is 6.24. The maximum atomic E-state index is 13.5. The molecule has 0 unspecified atom stereocenters. The van der Waals surface area contributed by atoms with Crippen LogP contribution < -0.4 is 5.32 Å². The van der Waals surface area contributed by atoms with Crippen molar-refractivity contribution < 1.29 is 4.79 Å². The third kappa shape index (κ3) is 3.86. The van der Waals surface area contributed by atoms with Crippen LogP contribution in [0.3, 0.4) is 0 Å². The van der Waals surface area contributed by atoms with Gasteiger partial charge in [-0.2, -0.15) is 0 Å². The van der Waals surface area contributed by atoms with Crippen molar-refractivity contribution in [2.45, 2.75) is 61.6 Å². The summed E-state index contributed by atoms with van der Waals surface area (Å²) in [6.45, 7) is 2.28. The Kier molecular flexibility index (Phi) is 5.19. The minimum atomic E-state index is -0.213. The molecule has 0 radical (unpaired) electrons. The lowest BCUT2D eigenvalue weighted by Gasteiger charge is -2.59. The summed E-state index contributed by atoms with van der Waals surface area (Å²) in [5.74, 6) is 2.88. The third-order valence-electron chi connectivity index (χ3n) is 7.70. The number of amides is 1. The van der Waals surface area contributed by atoms with Gasteiger partial charge in [-0.1, -0.05) is 48.5 Å². The molecule has 0 saturated heterocycles.